The monoisotopic (exact) mass is 1340 g/mol. The average molecular weight is 1340 g/mol. The van der Waals surface area contributed by atoms with E-state index < -0.39 is 44.9 Å². The number of nitrogens with two attached hydrogens (primary N) is 6. The van der Waals surface area contributed by atoms with Gasteiger partial charge in [0.1, 0.15) is 85.6 Å². The van der Waals surface area contributed by atoms with E-state index in [-0.39, 0.29) is 117 Å². The Bertz CT molecular complexity index is 5070. The van der Waals surface area contributed by atoms with Crippen molar-refractivity contribution in [3.63, 3.8) is 0 Å². The molecule has 1 saturated heterocycles. The highest BCUT2D eigenvalue weighted by Gasteiger charge is 2.31. The predicted molar refractivity (Wildman–Crippen MR) is 364 cm³/mol. The lowest BCUT2D eigenvalue weighted by atomic mass is 10.1. The van der Waals surface area contributed by atoms with E-state index in [0.29, 0.717) is 69.0 Å². The number of nitrogens with zero attached hydrogens (tertiary/aromatic N) is 14. The summed E-state index contributed by atoms with van der Waals surface area (Å²) in [6.45, 7) is 0.518. The molecule has 12 aromatic rings. The van der Waals surface area contributed by atoms with Crippen molar-refractivity contribution < 1.29 is 40.1 Å². The van der Waals surface area contributed by atoms with Gasteiger partial charge in [0.05, 0.1) is 26.7 Å². The summed E-state index contributed by atoms with van der Waals surface area (Å²) in [4.78, 5) is 38.9. The van der Waals surface area contributed by atoms with Crippen molar-refractivity contribution in [1.82, 2.24) is 59.2 Å². The van der Waals surface area contributed by atoms with E-state index >= 15 is 0 Å². The zero-order valence-electron chi connectivity index (χ0n) is 52.1. The van der Waals surface area contributed by atoms with Gasteiger partial charge in [-0.25, -0.2) is 65.2 Å². The summed E-state index contributed by atoms with van der Waals surface area (Å²) in [7, 11) is 0.0702. The number of ether oxygens (including phenoxy) is 1. The van der Waals surface area contributed by atoms with E-state index in [0.717, 1.165) is 30.6 Å². The van der Waals surface area contributed by atoms with Crippen LogP contribution in [0.15, 0.2) is 127 Å². The van der Waals surface area contributed by atoms with Crippen LogP contribution in [0.25, 0.3) is 67.3 Å². The number of anilines is 9. The normalized spacial score (nSPS) is 14.6. The third-order valence-corrected chi connectivity index (χ3v) is 18.5. The summed E-state index contributed by atoms with van der Waals surface area (Å²) in [5, 5.41) is 18.1. The first-order valence-corrected chi connectivity index (χ1v) is 32.1. The van der Waals surface area contributed by atoms with Gasteiger partial charge in [0, 0.05) is 67.9 Å². The number of hydrogen-bond acceptors (Lipinski definition) is 19. The molecule has 7 heterocycles. The molecule has 1 saturated carbocycles. The van der Waals surface area contributed by atoms with Crippen LogP contribution in [0.4, 0.5) is 83.1 Å². The van der Waals surface area contributed by atoms with Crippen molar-refractivity contribution in [1.29, 1.82) is 0 Å². The van der Waals surface area contributed by atoms with Crippen LogP contribution < -0.4 is 48.9 Å². The minimum atomic E-state index is -2.55. The molecular formula is C66H63F6N21O3S. The molecule has 97 heavy (non-hydrogen) atoms. The first kappa shape index (κ1) is 65.3. The average Bonchev–Trinajstić information content (AvgIpc) is 1.58. The minimum absolute atomic E-state index is 0.00446. The molecular weight excluding hydrogens is 1280 g/mol. The highest BCUT2D eigenvalue weighted by atomic mass is 32.2. The van der Waals surface area contributed by atoms with Crippen LogP contribution in [0, 0.1) is 34.9 Å². The summed E-state index contributed by atoms with van der Waals surface area (Å²) in [6, 6.07) is 32.6. The van der Waals surface area contributed by atoms with Crippen molar-refractivity contribution in [2.45, 2.75) is 57.8 Å². The summed E-state index contributed by atoms with van der Waals surface area (Å²) < 4.78 is 110. The van der Waals surface area contributed by atoms with Gasteiger partial charge in [0.25, 0.3) is 0 Å². The topological polar surface area (TPSA) is 349 Å². The number of rotatable bonds is 13. The van der Waals surface area contributed by atoms with Crippen LogP contribution in [-0.2, 0) is 34.1 Å². The molecule has 1 unspecified atom stereocenters. The molecule has 31 heteroatoms. The summed E-state index contributed by atoms with van der Waals surface area (Å²) in [6.07, 6.45) is 4.39. The van der Waals surface area contributed by atoms with Crippen LogP contribution in [0.3, 0.4) is 0 Å². The molecule has 1 atom stereocenters. The Morgan fingerprint density at radius 2 is 0.876 bits per heavy atom. The number of para-hydroxylation sites is 3. The first-order chi connectivity index (χ1) is 46.6. The highest BCUT2D eigenvalue weighted by molar-refractivity contribution is 8.01. The third kappa shape index (κ3) is 13.0. The Morgan fingerprint density at radius 3 is 1.23 bits per heavy atom. The van der Waals surface area contributed by atoms with Gasteiger partial charge < -0.3 is 44.5 Å². The molecule has 2 aliphatic rings. The number of nitrogen functional groups attached to an aromatic ring is 6. The van der Waals surface area contributed by atoms with Crippen LogP contribution in [-0.4, -0.2) is 108 Å². The van der Waals surface area contributed by atoms with E-state index in [9.17, 15) is 35.3 Å². The Morgan fingerprint density at radius 1 is 0.526 bits per heavy atom. The molecule has 0 bridgehead atoms. The van der Waals surface area contributed by atoms with Gasteiger partial charge in [-0.1, -0.05) is 104 Å². The second-order valence-electron chi connectivity index (χ2n) is 22.8. The van der Waals surface area contributed by atoms with E-state index in [2.05, 4.69) is 61.1 Å². The van der Waals surface area contributed by atoms with Gasteiger partial charge in [-0.3, -0.25) is 23.3 Å². The summed E-state index contributed by atoms with van der Waals surface area (Å²) >= 11 is 0. The van der Waals surface area contributed by atoms with E-state index in [1.165, 1.54) is 70.7 Å². The lowest BCUT2D eigenvalue weighted by molar-refractivity contribution is 0.180. The van der Waals surface area contributed by atoms with Crippen LogP contribution in [0.1, 0.15) is 48.8 Å². The number of carbonyl (C=O) groups excluding carboxylic acids is 1. The van der Waals surface area contributed by atoms with Crippen molar-refractivity contribution in [2.24, 2.45) is 0 Å². The molecule has 498 valence electrons. The molecule has 0 radical (unpaired) electrons. The van der Waals surface area contributed by atoms with Gasteiger partial charge in [-0.15, -0.1) is 0 Å². The number of methoxy groups -OCH3 is 1. The molecule has 6 aromatic carbocycles. The quantitative estimate of drug-likeness (QED) is 0.0416. The largest absolute Gasteiger partial charge is 0.452 e. The predicted octanol–water partition coefficient (Wildman–Crippen LogP) is 10.4. The Balaban J connectivity index is 0.000000139. The fraction of sp³-hybridized carbons (Fsp3) is 0.197. The first-order valence-electron chi connectivity index (χ1n) is 30.2. The minimum Gasteiger partial charge on any atom is -0.452 e. The maximum atomic E-state index is 14.8. The smallest absolute Gasteiger partial charge is 0.413 e. The number of fused-ring (bicyclic) bond motifs is 3. The molecule has 2 fully saturated rings. The number of benzene rings is 6. The van der Waals surface area contributed by atoms with Crippen LogP contribution in [0.5, 0.6) is 0 Å². The second kappa shape index (κ2) is 26.9. The van der Waals surface area contributed by atoms with Crippen molar-refractivity contribution in [3.05, 3.63) is 179 Å². The molecule has 6 aromatic heterocycles. The lowest BCUT2D eigenvalue weighted by Gasteiger charge is -2.23. The molecule has 13 N–H and O–H groups in total. The molecule has 14 rings (SSSR count). The number of carbonyl (C=O) groups is 1. The summed E-state index contributed by atoms with van der Waals surface area (Å²) in [5.74, 6) is 2.07. The lowest BCUT2D eigenvalue weighted by Crippen LogP contribution is -2.28. The maximum absolute atomic E-state index is 14.8. The molecule has 1 amide bonds. The zero-order valence-corrected chi connectivity index (χ0v) is 52.9. The van der Waals surface area contributed by atoms with Crippen molar-refractivity contribution in [3.8, 4) is 34.6 Å². The summed E-state index contributed by atoms with van der Waals surface area (Å²) in [5.41, 5.74) is 40.2. The number of halogens is 6. The standard InChI is InChI=1S/C23H23F2N7.C22H21F2N7OS.C21H19F2N7O2/c24-16-10-4-1-6-13(16)12-32-20-15(9-5-11-17(20)25)18(31-32)23-29-21(26)19(22(27)30-23)28-14-7-2-3-8-14;1-33(32)11-5-10-31(33)19-20(25)27-22(28-21(19)26)17-14-7-4-9-16(24)18(14)30(29-17)12-13-6-2-3-8-15(13)23;1-29(21(31)32-2)17-18(24)26-20(27-19(17)25)15-12-7-5-9-14(23)16(12)30(28-15)10-11-6-3-4-8-13(11)22/h1,4-6,9-11,14,28H,2-3,7-8,12H2,(H4,26,27,29,30);2-4,6-9H,1,5,10-12H2,(H4,25,26,27,28);3-9H,10H2,1-2H3,(H4,24,25,26,27). The number of amides is 1. The number of hydrogen-bond donors (Lipinski definition) is 7. The van der Waals surface area contributed by atoms with E-state index in [1.807, 2.05) is 0 Å². The molecule has 1 aliphatic heterocycles. The Labute approximate surface area is 550 Å². The Kier molecular flexibility index (Phi) is 18.1. The van der Waals surface area contributed by atoms with Crippen LogP contribution >= 0.6 is 0 Å². The Hall–Kier alpha value is -11.8. The van der Waals surface area contributed by atoms with Crippen molar-refractivity contribution >= 4 is 106 Å². The fourth-order valence-corrected chi connectivity index (χ4v) is 13.6. The van der Waals surface area contributed by atoms with Gasteiger partial charge in [0.2, 0.25) is 0 Å². The van der Waals surface area contributed by atoms with Gasteiger partial charge in [0.15, 0.2) is 52.4 Å². The number of aromatic nitrogens is 12. The third-order valence-electron chi connectivity index (χ3n) is 16.4. The molecule has 1 aliphatic carbocycles. The second-order valence-corrected chi connectivity index (χ2v) is 25.2. The van der Waals surface area contributed by atoms with Gasteiger partial charge in [-0.05, 0) is 61.5 Å². The van der Waals surface area contributed by atoms with Crippen LogP contribution in [0.2, 0.25) is 0 Å². The molecule has 0 spiro atoms. The van der Waals surface area contributed by atoms with Gasteiger partial charge >= 0.3 is 6.09 Å². The highest BCUT2D eigenvalue weighted by Crippen LogP contribution is 2.39. The van der Waals surface area contributed by atoms with Gasteiger partial charge in [-0.2, -0.15) is 15.3 Å². The SMILES string of the molecule is C=S1(=O)CCCN1c1c(N)nc(-c2nn(Cc3ccccc3F)c3c(F)cccc23)nc1N.COC(=O)N(C)c1c(N)nc(-c2nn(Cc3ccccc3F)c3c(F)cccc23)nc1N.Nc1nc(-c2nn(Cc3ccccc3F)c3c(F)cccc23)nc(N)c1NC1CCCC1. The van der Waals surface area contributed by atoms with E-state index in [4.69, 9.17) is 34.4 Å². The van der Waals surface area contributed by atoms with Crippen molar-refractivity contribution in [2.75, 3.05) is 75.4 Å². The maximum Gasteiger partial charge on any atom is 0.413 e. The zero-order chi connectivity index (χ0) is 68.6. The van der Waals surface area contributed by atoms with E-state index in [1.54, 1.807) is 89.2 Å². The fourth-order valence-electron chi connectivity index (χ4n) is 11.8. The number of nitrogens with one attached hydrogen (secondary N) is 1. The molecule has 24 nitrogen and oxygen atoms in total.